The number of nitrogens with one attached hydrogen (secondary N) is 1. The first-order valence-corrected chi connectivity index (χ1v) is 16.8. The molecule has 230 valence electrons. The molecular weight excluding hydrogens is 662 g/mol. The van der Waals surface area contributed by atoms with E-state index in [4.69, 9.17) is 11.6 Å². The molecule has 1 N–H and O–H groups in total. The number of benzene rings is 4. The summed E-state index contributed by atoms with van der Waals surface area (Å²) in [5, 5.41) is 3.24. The number of nitrogens with zero attached hydrogens (tertiary/aromatic N) is 2. The van der Waals surface area contributed by atoms with E-state index in [9.17, 15) is 18.0 Å². The van der Waals surface area contributed by atoms with Crippen molar-refractivity contribution in [3.63, 3.8) is 0 Å². The highest BCUT2D eigenvalue weighted by molar-refractivity contribution is 9.10. The summed E-state index contributed by atoms with van der Waals surface area (Å²) in [5.74, 6) is -0.865. The molecule has 0 aliphatic heterocycles. The number of amides is 2. The Labute approximate surface area is 273 Å². The second-order valence-electron chi connectivity index (χ2n) is 10.5. The lowest BCUT2D eigenvalue weighted by molar-refractivity contribution is -0.140. The van der Waals surface area contributed by atoms with Crippen LogP contribution in [0.1, 0.15) is 29.2 Å². The quantitative estimate of drug-likeness (QED) is 0.179. The number of halogens is 2. The third-order valence-electron chi connectivity index (χ3n) is 7.20. The van der Waals surface area contributed by atoms with E-state index in [1.807, 2.05) is 75.4 Å². The van der Waals surface area contributed by atoms with E-state index in [-0.39, 0.29) is 29.5 Å². The van der Waals surface area contributed by atoms with Crippen molar-refractivity contribution in [3.8, 4) is 0 Å². The number of rotatable bonds is 12. The molecule has 0 saturated carbocycles. The van der Waals surface area contributed by atoms with Crippen LogP contribution in [0.4, 0.5) is 5.69 Å². The van der Waals surface area contributed by atoms with Gasteiger partial charge in [0.25, 0.3) is 10.0 Å². The van der Waals surface area contributed by atoms with Gasteiger partial charge in [0.15, 0.2) is 0 Å². The molecule has 7 nitrogen and oxygen atoms in total. The molecule has 0 aliphatic carbocycles. The number of carbonyl (C=O) groups is 2. The summed E-state index contributed by atoms with van der Waals surface area (Å²) >= 11 is 9.93. The molecule has 0 aromatic heterocycles. The molecule has 0 fully saturated rings. The van der Waals surface area contributed by atoms with Crippen molar-refractivity contribution >= 4 is 55.1 Å². The fraction of sp³-hybridized carbons (Fsp3) is 0.235. The monoisotopic (exact) mass is 695 g/mol. The first-order valence-electron chi connectivity index (χ1n) is 14.2. The van der Waals surface area contributed by atoms with Crippen molar-refractivity contribution in [2.75, 3.05) is 17.4 Å². The largest absolute Gasteiger partial charge is 0.355 e. The second-order valence-corrected chi connectivity index (χ2v) is 13.7. The number of hydrogen-bond acceptors (Lipinski definition) is 4. The lowest BCUT2D eigenvalue weighted by Gasteiger charge is -2.34. The lowest BCUT2D eigenvalue weighted by Crippen LogP contribution is -2.53. The molecule has 44 heavy (non-hydrogen) atoms. The number of sulfonamides is 1. The molecule has 0 heterocycles. The first kappa shape index (κ1) is 33.2. The summed E-state index contributed by atoms with van der Waals surface area (Å²) in [5.41, 5.74) is 3.56. The van der Waals surface area contributed by atoms with Crippen LogP contribution >= 0.6 is 27.5 Å². The van der Waals surface area contributed by atoms with Gasteiger partial charge in [0.2, 0.25) is 11.8 Å². The van der Waals surface area contributed by atoms with Gasteiger partial charge in [0, 0.05) is 29.0 Å². The SMILES string of the molecule is CCNC(=O)[C@@H](Cc1ccccc1)N(Cc1cccc(Br)c1)C(=O)CN(c1ccc(C)c(Cl)c1)S(=O)(=O)c1ccc(C)cc1. The van der Waals surface area contributed by atoms with E-state index in [1.54, 1.807) is 30.3 Å². The van der Waals surface area contributed by atoms with Crippen LogP contribution in [0, 0.1) is 13.8 Å². The van der Waals surface area contributed by atoms with E-state index in [2.05, 4.69) is 21.2 Å². The van der Waals surface area contributed by atoms with Gasteiger partial charge >= 0.3 is 0 Å². The van der Waals surface area contributed by atoms with Gasteiger partial charge in [0.1, 0.15) is 12.6 Å². The minimum atomic E-state index is -4.20. The third-order valence-corrected chi connectivity index (χ3v) is 9.88. The molecule has 0 unspecified atom stereocenters. The predicted octanol–water partition coefficient (Wildman–Crippen LogP) is 6.69. The van der Waals surface area contributed by atoms with Crippen LogP contribution in [0.3, 0.4) is 0 Å². The maximum absolute atomic E-state index is 14.4. The van der Waals surface area contributed by atoms with Gasteiger partial charge in [-0.25, -0.2) is 8.42 Å². The summed E-state index contributed by atoms with van der Waals surface area (Å²) < 4.78 is 30.1. The Morgan fingerprint density at radius 1 is 0.886 bits per heavy atom. The summed E-state index contributed by atoms with van der Waals surface area (Å²) in [6, 6.07) is 27.3. The van der Waals surface area contributed by atoms with E-state index in [0.717, 1.165) is 31.0 Å². The van der Waals surface area contributed by atoms with Crippen LogP contribution in [-0.2, 0) is 32.6 Å². The number of hydrogen-bond donors (Lipinski definition) is 1. The number of aryl methyl sites for hydroxylation is 2. The average Bonchev–Trinajstić information content (AvgIpc) is 3.00. The Morgan fingerprint density at radius 2 is 1.57 bits per heavy atom. The Balaban J connectivity index is 1.81. The van der Waals surface area contributed by atoms with Crippen LogP contribution in [0.2, 0.25) is 5.02 Å². The molecule has 10 heteroatoms. The van der Waals surface area contributed by atoms with Gasteiger partial charge in [-0.15, -0.1) is 0 Å². The zero-order valence-corrected chi connectivity index (χ0v) is 28.0. The van der Waals surface area contributed by atoms with Crippen LogP contribution in [0.15, 0.2) is 106 Å². The number of likely N-dealkylation sites (N-methyl/N-ethyl adjacent to an activating group) is 1. The van der Waals surface area contributed by atoms with Crippen molar-refractivity contribution < 1.29 is 18.0 Å². The topological polar surface area (TPSA) is 86.8 Å². The van der Waals surface area contributed by atoms with E-state index < -0.39 is 28.5 Å². The normalized spacial score (nSPS) is 11.9. The molecule has 0 bridgehead atoms. The van der Waals surface area contributed by atoms with Crippen molar-refractivity contribution in [1.29, 1.82) is 0 Å². The molecule has 2 amide bonds. The Bertz CT molecular complexity index is 1720. The molecule has 4 aromatic rings. The van der Waals surface area contributed by atoms with E-state index in [0.29, 0.717) is 11.6 Å². The zero-order valence-electron chi connectivity index (χ0n) is 24.8. The van der Waals surface area contributed by atoms with Crippen molar-refractivity contribution in [2.24, 2.45) is 0 Å². The molecular formula is C34H35BrClN3O4S. The van der Waals surface area contributed by atoms with Gasteiger partial charge in [0.05, 0.1) is 10.6 Å². The summed E-state index contributed by atoms with van der Waals surface area (Å²) in [6.07, 6.45) is 0.244. The smallest absolute Gasteiger partial charge is 0.264 e. The molecule has 0 spiro atoms. The van der Waals surface area contributed by atoms with Gasteiger partial charge in [-0.1, -0.05) is 93.8 Å². The fourth-order valence-electron chi connectivity index (χ4n) is 4.78. The standard InChI is InChI=1S/C34H35BrClN3O4S/c1-4-37-34(41)32(20-26-9-6-5-7-10-26)38(22-27-11-8-12-28(35)19-27)33(40)23-39(29-16-15-25(3)31(36)21-29)44(42,43)30-17-13-24(2)14-18-30/h5-19,21,32H,4,20,22-23H2,1-3H3,(H,37,41)/t32-/m1/s1. The minimum Gasteiger partial charge on any atom is -0.355 e. The molecule has 0 saturated heterocycles. The van der Waals surface area contributed by atoms with Gasteiger partial charge < -0.3 is 10.2 Å². The fourth-order valence-corrected chi connectivity index (χ4v) is 6.81. The maximum atomic E-state index is 14.4. The summed E-state index contributed by atoms with van der Waals surface area (Å²) in [4.78, 5) is 29.5. The lowest BCUT2D eigenvalue weighted by atomic mass is 10.0. The van der Waals surface area contributed by atoms with Gasteiger partial charge in [-0.05, 0) is 73.9 Å². The third kappa shape index (κ3) is 8.28. The maximum Gasteiger partial charge on any atom is 0.264 e. The second kappa shape index (κ2) is 14.9. The highest BCUT2D eigenvalue weighted by Gasteiger charge is 2.34. The van der Waals surface area contributed by atoms with Gasteiger partial charge in [-0.2, -0.15) is 0 Å². The van der Waals surface area contributed by atoms with E-state index in [1.165, 1.54) is 17.0 Å². The zero-order chi connectivity index (χ0) is 31.9. The minimum absolute atomic E-state index is 0.0377. The van der Waals surface area contributed by atoms with Crippen molar-refractivity contribution in [1.82, 2.24) is 10.2 Å². The summed E-state index contributed by atoms with van der Waals surface area (Å²) in [6.45, 7) is 5.41. The Morgan fingerprint density at radius 3 is 2.20 bits per heavy atom. The van der Waals surface area contributed by atoms with Gasteiger partial charge in [-0.3, -0.25) is 13.9 Å². The van der Waals surface area contributed by atoms with Crippen molar-refractivity contribution in [3.05, 3.63) is 129 Å². The Hall–Kier alpha value is -3.66. The Kier molecular flexibility index (Phi) is 11.2. The average molecular weight is 697 g/mol. The number of anilines is 1. The summed E-state index contributed by atoms with van der Waals surface area (Å²) in [7, 11) is -4.20. The van der Waals surface area contributed by atoms with E-state index >= 15 is 0 Å². The molecule has 4 aromatic carbocycles. The van der Waals surface area contributed by atoms with Crippen LogP contribution in [-0.4, -0.2) is 44.3 Å². The predicted molar refractivity (Wildman–Crippen MR) is 179 cm³/mol. The number of carbonyl (C=O) groups excluding carboxylic acids is 2. The molecule has 4 rings (SSSR count). The highest BCUT2D eigenvalue weighted by atomic mass is 79.9. The van der Waals surface area contributed by atoms with Crippen LogP contribution in [0.5, 0.6) is 0 Å². The molecule has 0 radical (unpaired) electrons. The van der Waals surface area contributed by atoms with Crippen LogP contribution < -0.4 is 9.62 Å². The molecule has 1 atom stereocenters. The van der Waals surface area contributed by atoms with Crippen molar-refractivity contribution in [2.45, 2.75) is 44.7 Å². The van der Waals surface area contributed by atoms with Crippen LogP contribution in [0.25, 0.3) is 0 Å². The molecule has 0 aliphatic rings. The first-order chi connectivity index (χ1) is 21.0. The highest BCUT2D eigenvalue weighted by Crippen LogP contribution is 2.29.